The molecule has 0 radical (unpaired) electrons. The number of esters is 2. The Kier molecular flexibility index (Phi) is 36.2. The van der Waals surface area contributed by atoms with Gasteiger partial charge in [-0.25, -0.2) is 0 Å². The van der Waals surface area contributed by atoms with Gasteiger partial charge in [0, 0.05) is 12.8 Å². The van der Waals surface area contributed by atoms with Crippen molar-refractivity contribution in [3.05, 3.63) is 85.1 Å². The summed E-state index contributed by atoms with van der Waals surface area (Å²) < 4.78 is 10.3. The molecule has 0 aliphatic heterocycles. The van der Waals surface area contributed by atoms with Crippen molar-refractivity contribution >= 4 is 11.9 Å². The molecular weight excluding hydrogens is 596 g/mol. The number of rotatable bonds is 33. The minimum Gasteiger partial charge on any atom is -0.463 e. The van der Waals surface area contributed by atoms with Gasteiger partial charge in [-0.05, 0) is 77.0 Å². The molecule has 0 bridgehead atoms. The third-order valence-electron chi connectivity index (χ3n) is 7.63. The van der Waals surface area contributed by atoms with E-state index in [-0.39, 0.29) is 31.6 Å². The third-order valence-corrected chi connectivity index (χ3v) is 7.63. The highest BCUT2D eigenvalue weighted by molar-refractivity contribution is 5.70. The first-order valence-electron chi connectivity index (χ1n) is 19.1. The number of hydrogen-bond acceptors (Lipinski definition) is 5. The summed E-state index contributed by atoms with van der Waals surface area (Å²) in [6.07, 6.45) is 52.1. The van der Waals surface area contributed by atoms with Gasteiger partial charge in [0.05, 0.1) is 0 Å². The summed E-state index contributed by atoms with van der Waals surface area (Å²) in [5.74, 6) is -0.677. The Balaban J connectivity index is 3.62. The minimum absolute atomic E-state index is 0.148. The summed E-state index contributed by atoms with van der Waals surface area (Å²) in [6.45, 7) is 4.09. The lowest BCUT2D eigenvalue weighted by Crippen LogP contribution is -2.25. The van der Waals surface area contributed by atoms with Gasteiger partial charge in [-0.1, -0.05) is 150 Å². The van der Waals surface area contributed by atoms with Crippen molar-refractivity contribution in [1.29, 1.82) is 0 Å². The second kappa shape index (κ2) is 38.5. The molecule has 0 saturated carbocycles. The Morgan fingerprint density at radius 2 is 0.833 bits per heavy atom. The van der Waals surface area contributed by atoms with E-state index >= 15 is 0 Å². The molecule has 1 atom stereocenters. The molecule has 0 saturated heterocycles. The lowest BCUT2D eigenvalue weighted by molar-refractivity contribution is -0.152. The maximum Gasteiger partial charge on any atom is 0.306 e. The highest BCUT2D eigenvalue weighted by Gasteiger charge is 2.11. The van der Waals surface area contributed by atoms with E-state index in [1.54, 1.807) is 0 Å². The van der Waals surface area contributed by atoms with Crippen LogP contribution in [-0.4, -0.2) is 36.4 Å². The predicted molar refractivity (Wildman–Crippen MR) is 205 cm³/mol. The first-order chi connectivity index (χ1) is 23.6. The van der Waals surface area contributed by atoms with Crippen LogP contribution in [-0.2, 0) is 19.1 Å². The zero-order chi connectivity index (χ0) is 35.0. The molecule has 0 rings (SSSR count). The van der Waals surface area contributed by atoms with Crippen molar-refractivity contribution in [3.63, 3.8) is 0 Å². The number of aliphatic hydroxyl groups excluding tert-OH is 1. The zero-order valence-corrected chi connectivity index (χ0v) is 30.7. The fourth-order valence-corrected chi connectivity index (χ4v) is 4.75. The van der Waals surface area contributed by atoms with Crippen molar-refractivity contribution in [2.75, 3.05) is 13.2 Å². The van der Waals surface area contributed by atoms with Gasteiger partial charge in [-0.15, -0.1) is 0 Å². The van der Waals surface area contributed by atoms with Crippen molar-refractivity contribution in [1.82, 2.24) is 0 Å². The normalized spacial score (nSPS) is 13.1. The molecule has 1 N–H and O–H groups in total. The third kappa shape index (κ3) is 37.5. The van der Waals surface area contributed by atoms with E-state index in [0.29, 0.717) is 12.8 Å². The second-order valence-electron chi connectivity index (χ2n) is 12.3. The summed E-state index contributed by atoms with van der Waals surface area (Å²) in [6, 6.07) is 0. The van der Waals surface area contributed by atoms with E-state index in [4.69, 9.17) is 9.47 Å². The van der Waals surface area contributed by atoms with Crippen LogP contribution in [0.4, 0.5) is 0 Å². The smallest absolute Gasteiger partial charge is 0.306 e. The fourth-order valence-electron chi connectivity index (χ4n) is 4.75. The van der Waals surface area contributed by atoms with Crippen molar-refractivity contribution in [2.45, 2.75) is 161 Å². The van der Waals surface area contributed by atoms with Gasteiger partial charge >= 0.3 is 11.9 Å². The highest BCUT2D eigenvalue weighted by atomic mass is 16.6. The van der Waals surface area contributed by atoms with Gasteiger partial charge in [0.1, 0.15) is 19.3 Å². The molecule has 272 valence electrons. The molecule has 0 heterocycles. The molecule has 0 aromatic carbocycles. The summed E-state index contributed by atoms with van der Waals surface area (Å²) >= 11 is 0. The van der Waals surface area contributed by atoms with Crippen LogP contribution in [0.5, 0.6) is 0 Å². The number of carbonyl (C=O) groups excluding carboxylic acids is 2. The van der Waals surface area contributed by atoms with E-state index in [1.807, 2.05) is 12.2 Å². The Bertz CT molecular complexity index is 937. The number of ether oxygens (including phenoxy) is 2. The molecule has 5 nitrogen and oxygen atoms in total. The van der Waals surface area contributed by atoms with Crippen LogP contribution in [0.1, 0.15) is 155 Å². The number of allylic oxidation sites excluding steroid dienone is 14. The molecule has 0 spiro atoms. The van der Waals surface area contributed by atoms with Gasteiger partial charge in [-0.3, -0.25) is 9.59 Å². The molecule has 0 aromatic rings. The van der Waals surface area contributed by atoms with Crippen LogP contribution < -0.4 is 0 Å². The Labute approximate surface area is 295 Å². The summed E-state index contributed by atoms with van der Waals surface area (Å²) in [5.41, 5.74) is 0. The summed E-state index contributed by atoms with van der Waals surface area (Å²) in [4.78, 5) is 23.9. The van der Waals surface area contributed by atoms with Crippen LogP contribution >= 0.6 is 0 Å². The topological polar surface area (TPSA) is 72.8 Å². The molecule has 0 amide bonds. The van der Waals surface area contributed by atoms with Crippen LogP contribution in [0.2, 0.25) is 0 Å². The predicted octanol–water partition coefficient (Wildman–Crippen LogP) is 11.9. The quantitative estimate of drug-likeness (QED) is 0.0429. The first kappa shape index (κ1) is 45.1. The summed E-state index contributed by atoms with van der Waals surface area (Å²) in [7, 11) is 0. The molecule has 0 unspecified atom stereocenters. The Morgan fingerprint density at radius 3 is 1.31 bits per heavy atom. The SMILES string of the molecule is CC/C=C\C/C=C\C/C=C\C/C=C\C/C=C\C/C=C\CCC(=O)OC[C@H](O)COC(=O)CCCCCCC/C=C\CCCCCCCC. The Morgan fingerprint density at radius 1 is 0.458 bits per heavy atom. The van der Waals surface area contributed by atoms with Crippen LogP contribution in [0.3, 0.4) is 0 Å². The minimum atomic E-state index is -1.00. The largest absolute Gasteiger partial charge is 0.463 e. The lowest BCUT2D eigenvalue weighted by atomic mass is 10.1. The van der Waals surface area contributed by atoms with Gasteiger partial charge in [0.2, 0.25) is 0 Å². The monoisotopic (exact) mass is 667 g/mol. The molecule has 0 aliphatic rings. The average molecular weight is 667 g/mol. The summed E-state index contributed by atoms with van der Waals surface area (Å²) in [5, 5.41) is 9.99. The maximum atomic E-state index is 11.9. The zero-order valence-electron chi connectivity index (χ0n) is 30.7. The molecular formula is C43H70O5. The molecule has 48 heavy (non-hydrogen) atoms. The average Bonchev–Trinajstić information content (AvgIpc) is 3.09. The Hall–Kier alpha value is -2.92. The van der Waals surface area contributed by atoms with E-state index in [2.05, 4.69) is 86.8 Å². The van der Waals surface area contributed by atoms with Crippen molar-refractivity contribution < 1.29 is 24.2 Å². The van der Waals surface area contributed by atoms with Crippen molar-refractivity contribution in [3.8, 4) is 0 Å². The number of carbonyl (C=O) groups is 2. The number of unbranched alkanes of at least 4 members (excludes halogenated alkanes) is 11. The standard InChI is InChI=1S/C43H70O5/c1-3-5-7-9-11-13-15-17-19-20-21-22-24-26-28-30-32-34-36-38-43(46)48-40-41(44)39-47-42(45)37-35-33-31-29-27-25-23-18-16-14-12-10-8-6-4-2/h5,7,11,13,17-19,21-23,26,28,32,34,41,44H,3-4,6,8-10,12,14-16,20,24-25,27,29-31,33,35-40H2,1-2H3/b7-5-,13-11-,19-17-,22-21-,23-18-,28-26-,34-32-/t41-/m1/s1. The van der Waals surface area contributed by atoms with E-state index in [1.165, 1.54) is 57.8 Å². The van der Waals surface area contributed by atoms with Crippen molar-refractivity contribution in [2.24, 2.45) is 0 Å². The fraction of sp³-hybridized carbons (Fsp3) is 0.628. The van der Waals surface area contributed by atoms with Gasteiger partial charge in [0.15, 0.2) is 0 Å². The molecule has 0 aromatic heterocycles. The van der Waals surface area contributed by atoms with Crippen LogP contribution in [0.15, 0.2) is 85.1 Å². The molecule has 0 aliphatic carbocycles. The van der Waals surface area contributed by atoms with Gasteiger partial charge < -0.3 is 14.6 Å². The molecule has 5 heteroatoms. The van der Waals surface area contributed by atoms with E-state index in [0.717, 1.165) is 64.2 Å². The van der Waals surface area contributed by atoms with Gasteiger partial charge in [-0.2, -0.15) is 0 Å². The second-order valence-corrected chi connectivity index (χ2v) is 12.3. The first-order valence-corrected chi connectivity index (χ1v) is 19.1. The van der Waals surface area contributed by atoms with E-state index < -0.39 is 6.10 Å². The lowest BCUT2D eigenvalue weighted by Gasteiger charge is -2.12. The van der Waals surface area contributed by atoms with Gasteiger partial charge in [0.25, 0.3) is 0 Å². The number of aliphatic hydroxyl groups is 1. The number of hydrogen-bond donors (Lipinski definition) is 1. The highest BCUT2D eigenvalue weighted by Crippen LogP contribution is 2.10. The maximum absolute atomic E-state index is 11.9. The van der Waals surface area contributed by atoms with E-state index in [9.17, 15) is 14.7 Å². The molecule has 0 fully saturated rings. The van der Waals surface area contributed by atoms with Crippen LogP contribution in [0, 0.1) is 0 Å². The van der Waals surface area contributed by atoms with Crippen LogP contribution in [0.25, 0.3) is 0 Å².